The molecule has 0 spiro atoms. The third-order valence-corrected chi connectivity index (χ3v) is 7.32. The van der Waals surface area contributed by atoms with Crippen molar-refractivity contribution < 1.29 is 14.3 Å². The minimum Gasteiger partial charge on any atom is -0.497 e. The van der Waals surface area contributed by atoms with E-state index in [1.807, 2.05) is 54.6 Å². The number of pyridine rings is 1. The van der Waals surface area contributed by atoms with Gasteiger partial charge in [-0.15, -0.1) is 11.3 Å². The van der Waals surface area contributed by atoms with E-state index in [9.17, 15) is 9.59 Å². The summed E-state index contributed by atoms with van der Waals surface area (Å²) in [5, 5.41) is 4.18. The second-order valence-corrected chi connectivity index (χ2v) is 9.84. The van der Waals surface area contributed by atoms with E-state index >= 15 is 0 Å². The molecular formula is C29H22ClN3O3S. The SMILES string of the molecule is COc1ccc(-c2cc(-c3ccc(Cl)cc3)c3c(N)c(C(=O)Nc4cccc(C(C)=O)c4)sc3n2)cc1. The number of methoxy groups -OCH3 is 1. The number of Topliss-reactive ketones (excluding diaryl/α,β-unsaturated/α-hetero) is 1. The molecule has 37 heavy (non-hydrogen) atoms. The van der Waals surface area contributed by atoms with Crippen LogP contribution in [0.5, 0.6) is 5.75 Å². The summed E-state index contributed by atoms with van der Waals surface area (Å²) in [5.41, 5.74) is 11.3. The lowest BCUT2D eigenvalue weighted by Crippen LogP contribution is -2.12. The van der Waals surface area contributed by atoms with Gasteiger partial charge in [0.25, 0.3) is 5.91 Å². The van der Waals surface area contributed by atoms with Crippen molar-refractivity contribution in [3.05, 3.63) is 94.3 Å². The van der Waals surface area contributed by atoms with E-state index < -0.39 is 0 Å². The summed E-state index contributed by atoms with van der Waals surface area (Å²) in [6.07, 6.45) is 0. The van der Waals surface area contributed by atoms with Gasteiger partial charge in [0.05, 0.1) is 18.5 Å². The van der Waals surface area contributed by atoms with Gasteiger partial charge in [0.15, 0.2) is 5.78 Å². The number of hydrogen-bond acceptors (Lipinski definition) is 6. The van der Waals surface area contributed by atoms with Crippen molar-refractivity contribution in [2.24, 2.45) is 0 Å². The highest BCUT2D eigenvalue weighted by atomic mass is 35.5. The zero-order chi connectivity index (χ0) is 26.1. The molecule has 2 aromatic heterocycles. The fourth-order valence-corrected chi connectivity index (χ4v) is 5.20. The molecule has 0 saturated carbocycles. The fraction of sp³-hybridized carbons (Fsp3) is 0.0690. The molecule has 3 aromatic carbocycles. The van der Waals surface area contributed by atoms with Crippen LogP contribution >= 0.6 is 22.9 Å². The maximum atomic E-state index is 13.3. The Hall–Kier alpha value is -4.20. The number of anilines is 2. The summed E-state index contributed by atoms with van der Waals surface area (Å²) in [6.45, 7) is 1.48. The van der Waals surface area contributed by atoms with Gasteiger partial charge in [0, 0.05) is 27.2 Å². The number of carbonyl (C=O) groups is 2. The molecule has 8 heteroatoms. The van der Waals surface area contributed by atoms with Crippen molar-refractivity contribution in [1.29, 1.82) is 0 Å². The zero-order valence-corrected chi connectivity index (χ0v) is 21.6. The van der Waals surface area contributed by atoms with Crippen LogP contribution < -0.4 is 15.8 Å². The van der Waals surface area contributed by atoms with E-state index in [0.29, 0.717) is 37.1 Å². The van der Waals surface area contributed by atoms with E-state index in [4.69, 9.17) is 27.1 Å². The van der Waals surface area contributed by atoms with Crippen molar-refractivity contribution in [2.75, 3.05) is 18.2 Å². The molecule has 5 aromatic rings. The highest BCUT2D eigenvalue weighted by Crippen LogP contribution is 2.42. The molecular weight excluding hydrogens is 506 g/mol. The molecule has 5 rings (SSSR count). The third kappa shape index (κ3) is 4.91. The maximum Gasteiger partial charge on any atom is 0.267 e. The topological polar surface area (TPSA) is 94.3 Å². The maximum absolute atomic E-state index is 13.3. The van der Waals surface area contributed by atoms with Gasteiger partial charge >= 0.3 is 0 Å². The monoisotopic (exact) mass is 527 g/mol. The molecule has 3 N–H and O–H groups in total. The van der Waals surface area contributed by atoms with Crippen molar-refractivity contribution in [3.8, 4) is 28.1 Å². The van der Waals surface area contributed by atoms with Gasteiger partial charge in [0.2, 0.25) is 0 Å². The quantitative estimate of drug-likeness (QED) is 0.225. The Morgan fingerprint density at radius 3 is 2.35 bits per heavy atom. The molecule has 0 atom stereocenters. The van der Waals surface area contributed by atoms with Crippen molar-refractivity contribution >= 4 is 56.2 Å². The van der Waals surface area contributed by atoms with Crippen LogP contribution in [0.4, 0.5) is 11.4 Å². The molecule has 0 aliphatic rings. The first-order valence-corrected chi connectivity index (χ1v) is 12.6. The number of hydrogen-bond donors (Lipinski definition) is 2. The highest BCUT2D eigenvalue weighted by molar-refractivity contribution is 7.21. The van der Waals surface area contributed by atoms with Crippen molar-refractivity contribution in [2.45, 2.75) is 6.92 Å². The lowest BCUT2D eigenvalue weighted by atomic mass is 9.99. The number of nitrogens with two attached hydrogens (primary N) is 1. The number of nitrogens with zero attached hydrogens (tertiary/aromatic N) is 1. The Morgan fingerprint density at radius 1 is 0.973 bits per heavy atom. The van der Waals surface area contributed by atoms with Crippen LogP contribution in [0.2, 0.25) is 5.02 Å². The molecule has 0 fully saturated rings. The van der Waals surface area contributed by atoms with Crippen LogP contribution in [-0.4, -0.2) is 23.8 Å². The summed E-state index contributed by atoms with van der Waals surface area (Å²) in [4.78, 5) is 30.9. The first kappa shape index (κ1) is 24.5. The van der Waals surface area contributed by atoms with Gasteiger partial charge in [-0.25, -0.2) is 4.98 Å². The first-order valence-electron chi connectivity index (χ1n) is 11.4. The Labute approximate surface area is 222 Å². The lowest BCUT2D eigenvalue weighted by molar-refractivity contribution is 0.101. The van der Waals surface area contributed by atoms with E-state index in [-0.39, 0.29) is 11.7 Å². The summed E-state index contributed by atoms with van der Waals surface area (Å²) in [6, 6.07) is 23.8. The number of benzene rings is 3. The minimum atomic E-state index is -0.366. The number of aromatic nitrogens is 1. The first-order chi connectivity index (χ1) is 17.8. The number of fused-ring (bicyclic) bond motifs is 1. The second kappa shape index (κ2) is 10.0. The van der Waals surface area contributed by atoms with Gasteiger partial charge in [-0.1, -0.05) is 35.9 Å². The van der Waals surface area contributed by atoms with E-state index in [2.05, 4.69) is 5.32 Å². The normalized spacial score (nSPS) is 10.9. The third-order valence-electron chi connectivity index (χ3n) is 5.97. The Balaban J connectivity index is 1.63. The fourth-order valence-electron chi connectivity index (χ4n) is 4.06. The molecule has 184 valence electrons. The number of ketones is 1. The Kier molecular flexibility index (Phi) is 6.65. The molecule has 0 aliphatic heterocycles. The number of thiophene rings is 1. The van der Waals surface area contributed by atoms with Gasteiger partial charge in [-0.05, 0) is 72.6 Å². The molecule has 6 nitrogen and oxygen atoms in total. The Bertz CT molecular complexity index is 1640. The number of amides is 1. The minimum absolute atomic E-state index is 0.0830. The van der Waals surface area contributed by atoms with Gasteiger partial charge in [0.1, 0.15) is 15.5 Å². The second-order valence-electron chi connectivity index (χ2n) is 8.41. The molecule has 0 saturated heterocycles. The van der Waals surface area contributed by atoms with Gasteiger partial charge in [-0.3, -0.25) is 9.59 Å². The van der Waals surface area contributed by atoms with Crippen LogP contribution in [0.1, 0.15) is 27.0 Å². The number of nitrogens with one attached hydrogen (secondary N) is 1. The summed E-state index contributed by atoms with van der Waals surface area (Å²) in [5.74, 6) is 0.297. The summed E-state index contributed by atoms with van der Waals surface area (Å²) >= 11 is 7.36. The van der Waals surface area contributed by atoms with Crippen molar-refractivity contribution in [1.82, 2.24) is 4.98 Å². The average Bonchev–Trinajstić information content (AvgIpc) is 3.25. The van der Waals surface area contributed by atoms with E-state index in [1.165, 1.54) is 18.3 Å². The van der Waals surface area contributed by atoms with Crippen LogP contribution in [0.3, 0.4) is 0 Å². The van der Waals surface area contributed by atoms with E-state index in [0.717, 1.165) is 28.1 Å². The highest BCUT2D eigenvalue weighted by Gasteiger charge is 2.22. The molecule has 0 radical (unpaired) electrons. The van der Waals surface area contributed by atoms with Crippen LogP contribution in [-0.2, 0) is 0 Å². The van der Waals surface area contributed by atoms with Crippen LogP contribution in [0.25, 0.3) is 32.6 Å². The zero-order valence-electron chi connectivity index (χ0n) is 20.0. The molecule has 1 amide bonds. The predicted octanol–water partition coefficient (Wildman–Crippen LogP) is 7.33. The van der Waals surface area contributed by atoms with E-state index in [1.54, 1.807) is 31.4 Å². The van der Waals surface area contributed by atoms with Crippen molar-refractivity contribution in [3.63, 3.8) is 0 Å². The number of rotatable bonds is 6. The lowest BCUT2D eigenvalue weighted by Gasteiger charge is -2.10. The molecule has 2 heterocycles. The standard InChI is InChI=1S/C29H22ClN3O3S/c1-16(34)19-4-3-5-21(14-19)32-28(35)27-26(31)25-23(17-6-10-20(30)11-7-17)15-24(33-29(25)37-27)18-8-12-22(36-2)13-9-18/h3-15H,31H2,1-2H3,(H,32,35). The largest absolute Gasteiger partial charge is 0.497 e. The number of halogens is 1. The number of carbonyl (C=O) groups excluding carboxylic acids is 2. The van der Waals surface area contributed by atoms with Crippen LogP contribution in [0, 0.1) is 0 Å². The number of nitrogen functional groups attached to an aromatic ring is 1. The number of ether oxygens (including phenoxy) is 1. The van der Waals surface area contributed by atoms with Gasteiger partial charge < -0.3 is 15.8 Å². The summed E-state index contributed by atoms with van der Waals surface area (Å²) < 4.78 is 5.28. The van der Waals surface area contributed by atoms with Gasteiger partial charge in [-0.2, -0.15) is 0 Å². The predicted molar refractivity (Wildman–Crippen MR) is 151 cm³/mol. The summed E-state index contributed by atoms with van der Waals surface area (Å²) in [7, 11) is 1.62. The smallest absolute Gasteiger partial charge is 0.267 e. The Morgan fingerprint density at radius 2 is 1.68 bits per heavy atom. The molecule has 0 bridgehead atoms. The average molecular weight is 528 g/mol. The molecule has 0 aliphatic carbocycles. The molecule has 0 unspecified atom stereocenters. The van der Waals surface area contributed by atoms with Crippen LogP contribution in [0.15, 0.2) is 78.9 Å².